The Morgan fingerprint density at radius 1 is 1.88 bits per heavy atom. The van der Waals surface area contributed by atoms with Gasteiger partial charge in [0.25, 0.3) is 0 Å². The Kier molecular flexibility index (Phi) is 2.90. The van der Waals surface area contributed by atoms with Crippen molar-refractivity contribution in [3.05, 3.63) is 0 Å². The molecule has 0 fully saturated rings. The summed E-state index contributed by atoms with van der Waals surface area (Å²) in [6.45, 7) is 0. The van der Waals surface area contributed by atoms with Crippen molar-refractivity contribution in [3.8, 4) is 6.19 Å². The standard InChI is InChI=1S/C3H2N2O3/c4-2-5-8-3(7)1-6/h1,5H. The van der Waals surface area contributed by atoms with E-state index in [4.69, 9.17) is 5.26 Å². The average molecular weight is 114 g/mol. The zero-order valence-corrected chi connectivity index (χ0v) is 3.75. The zero-order chi connectivity index (χ0) is 6.41. The number of hydroxylamine groups is 1. The van der Waals surface area contributed by atoms with Crippen LogP contribution in [0.5, 0.6) is 0 Å². The molecule has 0 radical (unpaired) electrons. The summed E-state index contributed by atoms with van der Waals surface area (Å²) in [5, 5.41) is 7.66. The molecular weight excluding hydrogens is 112 g/mol. The van der Waals surface area contributed by atoms with Crippen molar-refractivity contribution in [2.24, 2.45) is 0 Å². The molecule has 0 aromatic rings. The summed E-state index contributed by atoms with van der Waals surface area (Å²) in [4.78, 5) is 22.9. The van der Waals surface area contributed by atoms with Crippen molar-refractivity contribution in [2.45, 2.75) is 0 Å². The van der Waals surface area contributed by atoms with E-state index in [1.807, 2.05) is 0 Å². The number of hydrogen-bond acceptors (Lipinski definition) is 5. The van der Waals surface area contributed by atoms with Gasteiger partial charge in [-0.2, -0.15) is 10.7 Å². The summed E-state index contributed by atoms with van der Waals surface area (Å²) >= 11 is 0. The van der Waals surface area contributed by atoms with Crippen LogP contribution in [0.3, 0.4) is 0 Å². The number of hydrogen-bond donors (Lipinski definition) is 1. The van der Waals surface area contributed by atoms with Gasteiger partial charge >= 0.3 is 5.97 Å². The normalized spacial score (nSPS) is 6.38. The second-order valence-electron chi connectivity index (χ2n) is 0.753. The molecule has 42 valence electrons. The Bertz CT molecular complexity index is 136. The van der Waals surface area contributed by atoms with Crippen LogP contribution in [0.1, 0.15) is 0 Å². The summed E-state index contributed by atoms with van der Waals surface area (Å²) in [6.07, 6.45) is 1.23. The lowest BCUT2D eigenvalue weighted by molar-refractivity contribution is -0.152. The van der Waals surface area contributed by atoms with Gasteiger partial charge in [0.2, 0.25) is 12.5 Å². The van der Waals surface area contributed by atoms with Crippen LogP contribution < -0.4 is 5.48 Å². The summed E-state index contributed by atoms with van der Waals surface area (Å²) in [5.41, 5.74) is 1.52. The Morgan fingerprint density at radius 2 is 2.50 bits per heavy atom. The summed E-state index contributed by atoms with van der Waals surface area (Å²) in [5.74, 6) is -1.12. The van der Waals surface area contributed by atoms with E-state index in [0.717, 1.165) is 0 Å². The summed E-state index contributed by atoms with van der Waals surface area (Å²) in [6, 6.07) is 0. The first-order valence-electron chi connectivity index (χ1n) is 1.61. The highest BCUT2D eigenvalue weighted by Gasteiger charge is 1.94. The molecule has 0 aliphatic carbocycles. The van der Waals surface area contributed by atoms with Crippen molar-refractivity contribution in [3.63, 3.8) is 0 Å². The molecule has 0 aliphatic heterocycles. The van der Waals surface area contributed by atoms with Crippen molar-refractivity contribution in [2.75, 3.05) is 0 Å². The number of carbonyl (C=O) groups is 2. The third kappa shape index (κ3) is 2.66. The third-order valence-electron chi connectivity index (χ3n) is 0.293. The van der Waals surface area contributed by atoms with Gasteiger partial charge in [-0.05, 0) is 0 Å². The third-order valence-corrected chi connectivity index (χ3v) is 0.293. The Labute approximate surface area is 44.8 Å². The summed E-state index contributed by atoms with van der Waals surface area (Å²) in [7, 11) is 0. The van der Waals surface area contributed by atoms with Crippen LogP contribution in [0.25, 0.3) is 0 Å². The minimum atomic E-state index is -1.12. The Morgan fingerprint density at radius 3 is 2.88 bits per heavy atom. The van der Waals surface area contributed by atoms with E-state index in [1.165, 1.54) is 11.7 Å². The van der Waals surface area contributed by atoms with E-state index in [-0.39, 0.29) is 6.29 Å². The number of aldehydes is 1. The molecule has 0 spiro atoms. The predicted molar refractivity (Wildman–Crippen MR) is 20.9 cm³/mol. The maximum Gasteiger partial charge on any atom is 0.396 e. The molecule has 0 aromatic heterocycles. The quantitative estimate of drug-likeness (QED) is 0.159. The fourth-order valence-electron chi connectivity index (χ4n) is 0.0972. The molecule has 0 saturated heterocycles. The lowest BCUT2D eigenvalue weighted by Gasteiger charge is -1.87. The molecule has 0 aliphatic rings. The molecule has 0 aromatic carbocycles. The molecule has 0 bridgehead atoms. The largest absolute Gasteiger partial charge is 0.396 e. The highest BCUT2D eigenvalue weighted by Crippen LogP contribution is 1.60. The van der Waals surface area contributed by atoms with E-state index in [1.54, 1.807) is 0 Å². The lowest BCUT2D eigenvalue weighted by atomic mass is 10.8. The van der Waals surface area contributed by atoms with Crippen LogP contribution in [0.15, 0.2) is 0 Å². The Balaban J connectivity index is 3.28. The molecule has 5 heteroatoms. The fraction of sp³-hybridized carbons (Fsp3) is 0. The van der Waals surface area contributed by atoms with Gasteiger partial charge < -0.3 is 4.84 Å². The van der Waals surface area contributed by atoms with Crippen LogP contribution >= 0.6 is 0 Å². The van der Waals surface area contributed by atoms with Gasteiger partial charge in [0.1, 0.15) is 0 Å². The molecule has 0 amide bonds. The van der Waals surface area contributed by atoms with E-state index < -0.39 is 5.97 Å². The minimum absolute atomic E-state index is 0.0513. The van der Waals surface area contributed by atoms with E-state index >= 15 is 0 Å². The van der Waals surface area contributed by atoms with E-state index in [9.17, 15) is 9.59 Å². The van der Waals surface area contributed by atoms with Gasteiger partial charge in [0, 0.05) is 0 Å². The second-order valence-corrected chi connectivity index (χ2v) is 0.753. The SMILES string of the molecule is N#CNOC(=O)C=O. The first-order chi connectivity index (χ1) is 3.81. The van der Waals surface area contributed by atoms with Crippen molar-refractivity contribution in [1.29, 1.82) is 5.26 Å². The molecule has 0 heterocycles. The molecule has 8 heavy (non-hydrogen) atoms. The van der Waals surface area contributed by atoms with Crippen LogP contribution in [-0.4, -0.2) is 12.3 Å². The number of nitriles is 1. The molecule has 5 nitrogen and oxygen atoms in total. The van der Waals surface area contributed by atoms with Crippen molar-refractivity contribution < 1.29 is 14.4 Å². The van der Waals surface area contributed by atoms with Gasteiger partial charge in [-0.25, -0.2) is 4.79 Å². The highest BCUT2D eigenvalue weighted by molar-refractivity contribution is 6.20. The molecule has 0 saturated carbocycles. The average Bonchev–Trinajstić information content (AvgIpc) is 1.83. The number of rotatable bonds is 2. The number of nitrogens with zero attached hydrogens (tertiary/aromatic N) is 1. The van der Waals surface area contributed by atoms with E-state index in [2.05, 4.69) is 4.84 Å². The Hall–Kier alpha value is -1.57. The van der Waals surface area contributed by atoms with E-state index in [0.29, 0.717) is 0 Å². The van der Waals surface area contributed by atoms with Crippen LogP contribution in [0, 0.1) is 11.5 Å². The minimum Gasteiger partial charge on any atom is -0.326 e. The van der Waals surface area contributed by atoms with Crippen LogP contribution in [-0.2, 0) is 14.4 Å². The lowest BCUT2D eigenvalue weighted by Crippen LogP contribution is -2.14. The van der Waals surface area contributed by atoms with Gasteiger partial charge in [-0.1, -0.05) is 0 Å². The van der Waals surface area contributed by atoms with Crippen molar-refractivity contribution >= 4 is 12.3 Å². The van der Waals surface area contributed by atoms with Crippen LogP contribution in [0.4, 0.5) is 0 Å². The monoisotopic (exact) mass is 114 g/mol. The van der Waals surface area contributed by atoms with Gasteiger partial charge in [0.05, 0.1) is 0 Å². The second kappa shape index (κ2) is 3.61. The number of carbonyl (C=O) groups excluding carboxylic acids is 2. The molecule has 1 N–H and O–H groups in total. The predicted octanol–water partition coefficient (Wildman–Crippen LogP) is -1.29. The molecule has 0 unspecified atom stereocenters. The maximum absolute atomic E-state index is 9.77. The molecule has 0 atom stereocenters. The molecular formula is C3H2N2O3. The van der Waals surface area contributed by atoms with Gasteiger partial charge in [-0.3, -0.25) is 4.79 Å². The van der Waals surface area contributed by atoms with Gasteiger partial charge in [0.15, 0.2) is 0 Å². The highest BCUT2D eigenvalue weighted by atomic mass is 16.7. The molecule has 0 rings (SSSR count). The topological polar surface area (TPSA) is 79.2 Å². The first-order valence-corrected chi connectivity index (χ1v) is 1.61. The van der Waals surface area contributed by atoms with Crippen LogP contribution in [0.2, 0.25) is 0 Å². The first kappa shape index (κ1) is 6.43. The fourth-order valence-corrected chi connectivity index (χ4v) is 0.0972. The van der Waals surface area contributed by atoms with Crippen molar-refractivity contribution in [1.82, 2.24) is 5.48 Å². The number of nitrogens with one attached hydrogen (secondary N) is 1. The smallest absolute Gasteiger partial charge is 0.326 e. The summed E-state index contributed by atoms with van der Waals surface area (Å²) < 4.78 is 0. The maximum atomic E-state index is 9.77. The van der Waals surface area contributed by atoms with Gasteiger partial charge in [-0.15, -0.1) is 0 Å². The zero-order valence-electron chi connectivity index (χ0n) is 3.75.